The van der Waals surface area contributed by atoms with E-state index < -0.39 is 21.7 Å². The predicted octanol–water partition coefficient (Wildman–Crippen LogP) is 6.57. The molecule has 1 aliphatic rings. The van der Waals surface area contributed by atoms with Crippen LogP contribution in [-0.2, 0) is 40.1 Å². The molecule has 0 bridgehead atoms. The van der Waals surface area contributed by atoms with Gasteiger partial charge in [-0.15, -0.1) is 0 Å². The van der Waals surface area contributed by atoms with Crippen molar-refractivity contribution in [2.24, 2.45) is 0 Å². The summed E-state index contributed by atoms with van der Waals surface area (Å²) in [6.45, 7) is 5.21. The van der Waals surface area contributed by atoms with Gasteiger partial charge < -0.3 is 19.1 Å². The van der Waals surface area contributed by atoms with Gasteiger partial charge in [-0.2, -0.15) is 0 Å². The molecule has 0 radical (unpaired) electrons. The summed E-state index contributed by atoms with van der Waals surface area (Å²) >= 11 is 0. The highest BCUT2D eigenvalue weighted by Crippen LogP contribution is 2.46. The van der Waals surface area contributed by atoms with Crippen LogP contribution < -0.4 is 23.8 Å². The molecular formula is C38H36N2O7S. The highest BCUT2D eigenvalue weighted by atomic mass is 32.2. The van der Waals surface area contributed by atoms with Crippen molar-refractivity contribution in [2.45, 2.75) is 39.2 Å². The van der Waals surface area contributed by atoms with Crippen LogP contribution in [0.4, 0.5) is 5.69 Å². The van der Waals surface area contributed by atoms with Gasteiger partial charge in [0.15, 0.2) is 0 Å². The first kappa shape index (κ1) is 32.6. The third-order valence-electron chi connectivity index (χ3n) is 8.01. The zero-order valence-electron chi connectivity index (χ0n) is 26.8. The van der Waals surface area contributed by atoms with Crippen LogP contribution in [-0.4, -0.2) is 33.4 Å². The number of para-hydroxylation sites is 1. The molecule has 0 aliphatic carbocycles. The lowest BCUT2D eigenvalue weighted by Crippen LogP contribution is -2.32. The number of sulfonamides is 1. The molecule has 9 nitrogen and oxygen atoms in total. The Morgan fingerprint density at radius 2 is 1.38 bits per heavy atom. The molecule has 5 aromatic carbocycles. The second kappa shape index (κ2) is 14.2. The Labute approximate surface area is 280 Å². The maximum Gasteiger partial charge on any atom is 0.262 e. The number of hydrogen-bond acceptors (Lipinski definition) is 7. The highest BCUT2D eigenvalue weighted by Gasteiger charge is 2.36. The standard InChI is InChI=1S/C38H36N2O7S/c1-3-45-36-30-15-9-10-16-31(30)37(46-4-2)35-32(36)23-40(38(35)42)29-20-18-27(19-21-29)25-48(43,44)39-34(41)22-28-14-8-11-17-33(28)47-24-26-12-6-5-7-13-26/h5-21H,3-4,22-25H2,1-2H3,(H,39,41). The Kier molecular flexibility index (Phi) is 9.63. The van der Waals surface area contributed by atoms with Crippen LogP contribution in [0.1, 0.15) is 46.5 Å². The molecule has 0 unspecified atom stereocenters. The smallest absolute Gasteiger partial charge is 0.262 e. The van der Waals surface area contributed by atoms with E-state index in [9.17, 15) is 18.0 Å². The molecule has 6 rings (SSSR count). The van der Waals surface area contributed by atoms with Crippen molar-refractivity contribution in [3.05, 3.63) is 131 Å². The van der Waals surface area contributed by atoms with Gasteiger partial charge in [0.25, 0.3) is 5.91 Å². The van der Waals surface area contributed by atoms with Crippen molar-refractivity contribution in [1.29, 1.82) is 0 Å². The molecule has 0 fully saturated rings. The zero-order valence-corrected chi connectivity index (χ0v) is 27.6. The van der Waals surface area contributed by atoms with Gasteiger partial charge in [-0.05, 0) is 43.2 Å². The van der Waals surface area contributed by atoms with Crippen LogP contribution in [0.25, 0.3) is 10.8 Å². The summed E-state index contributed by atoms with van der Waals surface area (Å²) in [5.41, 5.74) is 3.84. The number of hydrogen-bond donors (Lipinski definition) is 1. The maximum absolute atomic E-state index is 13.9. The lowest BCUT2D eigenvalue weighted by atomic mass is 9.99. The van der Waals surface area contributed by atoms with Crippen LogP contribution in [0.15, 0.2) is 103 Å². The Balaban J connectivity index is 1.14. The summed E-state index contributed by atoms with van der Waals surface area (Å²) in [5, 5.41) is 1.68. The first-order valence-corrected chi connectivity index (χ1v) is 17.4. The largest absolute Gasteiger partial charge is 0.493 e. The van der Waals surface area contributed by atoms with Crippen LogP contribution in [0.3, 0.4) is 0 Å². The fourth-order valence-electron chi connectivity index (χ4n) is 5.92. The van der Waals surface area contributed by atoms with E-state index in [1.807, 2.05) is 68.4 Å². The maximum atomic E-state index is 13.9. The van der Waals surface area contributed by atoms with Crippen LogP contribution in [0, 0.1) is 0 Å². The third-order valence-corrected chi connectivity index (χ3v) is 9.26. The molecule has 246 valence electrons. The molecule has 1 aliphatic heterocycles. The summed E-state index contributed by atoms with van der Waals surface area (Å²) in [6.07, 6.45) is -0.163. The number of carbonyl (C=O) groups excluding carboxylic acids is 2. The number of benzene rings is 5. The van der Waals surface area contributed by atoms with E-state index in [0.29, 0.717) is 59.4 Å². The molecule has 5 aromatic rings. The molecule has 48 heavy (non-hydrogen) atoms. The van der Waals surface area contributed by atoms with E-state index in [0.717, 1.165) is 21.9 Å². The number of ether oxygens (including phenoxy) is 3. The van der Waals surface area contributed by atoms with Crippen LogP contribution in [0.2, 0.25) is 0 Å². The van der Waals surface area contributed by atoms with Crippen molar-refractivity contribution in [1.82, 2.24) is 4.72 Å². The molecule has 1 heterocycles. The molecule has 0 saturated carbocycles. The summed E-state index contributed by atoms with van der Waals surface area (Å²) in [4.78, 5) is 28.3. The molecule has 0 spiro atoms. The van der Waals surface area contributed by atoms with Gasteiger partial charge in [-0.25, -0.2) is 8.42 Å². The second-order valence-corrected chi connectivity index (χ2v) is 13.0. The number of rotatable bonds is 13. The van der Waals surface area contributed by atoms with E-state index in [1.165, 1.54) is 0 Å². The molecule has 10 heteroatoms. The topological polar surface area (TPSA) is 111 Å². The zero-order chi connectivity index (χ0) is 33.7. The fourth-order valence-corrected chi connectivity index (χ4v) is 7.04. The second-order valence-electron chi connectivity index (χ2n) is 11.3. The predicted molar refractivity (Wildman–Crippen MR) is 185 cm³/mol. The number of carbonyl (C=O) groups is 2. The molecular weight excluding hydrogens is 628 g/mol. The fraction of sp³-hybridized carbons (Fsp3) is 0.211. The van der Waals surface area contributed by atoms with Crippen molar-refractivity contribution < 1.29 is 32.2 Å². The summed E-state index contributed by atoms with van der Waals surface area (Å²) in [5.74, 6) is 0.409. The van der Waals surface area contributed by atoms with Gasteiger partial charge in [0.1, 0.15) is 23.9 Å². The van der Waals surface area contributed by atoms with Crippen molar-refractivity contribution in [3.63, 3.8) is 0 Å². The third kappa shape index (κ3) is 6.99. The Morgan fingerprint density at radius 3 is 2.08 bits per heavy atom. The van der Waals surface area contributed by atoms with Gasteiger partial charge in [0.05, 0.1) is 37.5 Å². The van der Waals surface area contributed by atoms with Gasteiger partial charge in [-0.3, -0.25) is 14.3 Å². The van der Waals surface area contributed by atoms with E-state index in [1.54, 1.807) is 53.4 Å². The van der Waals surface area contributed by atoms with Gasteiger partial charge in [0.2, 0.25) is 15.9 Å². The summed E-state index contributed by atoms with van der Waals surface area (Å²) in [6, 6.07) is 31.1. The van der Waals surface area contributed by atoms with Gasteiger partial charge in [0, 0.05) is 27.6 Å². The van der Waals surface area contributed by atoms with Gasteiger partial charge in [-0.1, -0.05) is 84.9 Å². The normalized spacial score (nSPS) is 12.5. The number of amides is 2. The Morgan fingerprint density at radius 1 is 0.750 bits per heavy atom. The van der Waals surface area contributed by atoms with Crippen molar-refractivity contribution in [2.75, 3.05) is 18.1 Å². The number of nitrogens with one attached hydrogen (secondary N) is 1. The molecule has 2 amide bonds. The lowest BCUT2D eigenvalue weighted by Gasteiger charge is -2.16. The lowest BCUT2D eigenvalue weighted by molar-refractivity contribution is -0.118. The summed E-state index contributed by atoms with van der Waals surface area (Å²) < 4.78 is 46.2. The minimum absolute atomic E-state index is 0.163. The van der Waals surface area contributed by atoms with Crippen LogP contribution >= 0.6 is 0 Å². The number of anilines is 1. The minimum Gasteiger partial charge on any atom is -0.493 e. The monoisotopic (exact) mass is 664 g/mol. The first-order valence-electron chi connectivity index (χ1n) is 15.8. The number of nitrogens with zero attached hydrogens (tertiary/aromatic N) is 1. The Hall–Kier alpha value is -5.35. The number of fused-ring (bicyclic) bond motifs is 2. The van der Waals surface area contributed by atoms with E-state index in [2.05, 4.69) is 4.72 Å². The molecule has 0 aromatic heterocycles. The van der Waals surface area contributed by atoms with Crippen LogP contribution in [0.5, 0.6) is 17.2 Å². The quantitative estimate of drug-likeness (QED) is 0.152. The van der Waals surface area contributed by atoms with E-state index in [-0.39, 0.29) is 18.9 Å². The average molecular weight is 665 g/mol. The minimum atomic E-state index is -4.01. The average Bonchev–Trinajstić information content (AvgIpc) is 3.42. The first-order chi connectivity index (χ1) is 23.3. The van der Waals surface area contributed by atoms with Crippen molar-refractivity contribution in [3.8, 4) is 17.2 Å². The summed E-state index contributed by atoms with van der Waals surface area (Å²) in [7, 11) is -4.01. The SMILES string of the molecule is CCOc1c2c(c(OCC)c3ccccc13)C(=O)N(c1ccc(CS(=O)(=O)NC(=O)Cc3ccccc3OCc3ccccc3)cc1)C2. The molecule has 1 N–H and O–H groups in total. The van der Waals surface area contributed by atoms with E-state index >= 15 is 0 Å². The highest BCUT2D eigenvalue weighted by molar-refractivity contribution is 7.89. The van der Waals surface area contributed by atoms with E-state index in [4.69, 9.17) is 14.2 Å². The van der Waals surface area contributed by atoms with Crippen molar-refractivity contribution >= 4 is 38.3 Å². The Bertz CT molecular complexity index is 2060. The molecule has 0 atom stereocenters. The molecule has 0 saturated heterocycles. The van der Waals surface area contributed by atoms with Gasteiger partial charge >= 0.3 is 0 Å².